The first kappa shape index (κ1) is 46.5. The molecule has 18 heteroatoms. The van der Waals surface area contributed by atoms with Crippen LogP contribution in [-0.2, 0) is 28.8 Å². The van der Waals surface area contributed by atoms with Crippen molar-refractivity contribution in [2.75, 3.05) is 38.5 Å². The number of amides is 5. The summed E-state index contributed by atoms with van der Waals surface area (Å²) in [4.78, 5) is 81.0. The number of nitrogens with one attached hydrogen (secondary N) is 6. The standard InChI is InChI=1S/C32H62N10O7S/c1-7-10-13-36-15-16-50-31(49)22(12-11-14-37-32(34)35)40-30(48)27(20(5)9-3)41-24(45)18-38-23(44)17-39-29(47)26(19(4)8-2)42-28(46)25(33)21(6)43/h19-22,25-27,36,43H,7-18,33H2,1-6H3,(H,38,44)(H,39,47)(H,40,48)(H,41,45)(H,42,46)(H4,34,35,37)/t19-,20-,21+,22-,25-,26-,27-/m0/s1. The molecule has 0 spiro atoms. The zero-order chi connectivity index (χ0) is 38.2. The van der Waals surface area contributed by atoms with Crippen molar-refractivity contribution in [1.82, 2.24) is 31.9 Å². The van der Waals surface area contributed by atoms with Crippen LogP contribution >= 0.6 is 11.8 Å². The normalized spacial score (nSPS) is 15.2. The highest BCUT2D eigenvalue weighted by Gasteiger charge is 2.31. The van der Waals surface area contributed by atoms with Gasteiger partial charge in [-0.15, -0.1) is 0 Å². The van der Waals surface area contributed by atoms with E-state index in [1.165, 1.54) is 6.92 Å². The predicted molar refractivity (Wildman–Crippen MR) is 196 cm³/mol. The molecule has 0 aliphatic rings. The lowest BCUT2D eigenvalue weighted by Gasteiger charge is -2.26. The van der Waals surface area contributed by atoms with Crippen molar-refractivity contribution in [3.05, 3.63) is 0 Å². The first-order valence-corrected chi connectivity index (χ1v) is 18.4. The van der Waals surface area contributed by atoms with Crippen LogP contribution in [0.5, 0.6) is 0 Å². The number of nitrogens with two attached hydrogens (primary N) is 3. The molecule has 0 rings (SSSR count). The Hall–Kier alpha value is -3.48. The summed E-state index contributed by atoms with van der Waals surface area (Å²) in [6.45, 7) is 11.5. The first-order valence-electron chi connectivity index (χ1n) is 17.4. The fourth-order valence-electron chi connectivity index (χ4n) is 4.38. The Morgan fingerprint density at radius 2 is 1.36 bits per heavy atom. The summed E-state index contributed by atoms with van der Waals surface area (Å²) in [5, 5.41) is 25.5. The number of hydrogen-bond donors (Lipinski definition) is 10. The van der Waals surface area contributed by atoms with Gasteiger partial charge in [0.05, 0.1) is 25.2 Å². The maximum absolute atomic E-state index is 13.4. The lowest BCUT2D eigenvalue weighted by Crippen LogP contribution is -2.57. The van der Waals surface area contributed by atoms with Gasteiger partial charge < -0.3 is 54.2 Å². The Kier molecular flexibility index (Phi) is 24.5. The van der Waals surface area contributed by atoms with Gasteiger partial charge in [-0.2, -0.15) is 0 Å². The largest absolute Gasteiger partial charge is 0.391 e. The molecule has 0 heterocycles. The highest BCUT2D eigenvalue weighted by molar-refractivity contribution is 8.13. The second-order valence-corrected chi connectivity index (χ2v) is 13.4. The number of hydrogen-bond acceptors (Lipinski definition) is 11. The summed E-state index contributed by atoms with van der Waals surface area (Å²) in [6.07, 6.45) is 2.76. The van der Waals surface area contributed by atoms with E-state index >= 15 is 0 Å². The van der Waals surface area contributed by atoms with Crippen LogP contribution in [0.3, 0.4) is 0 Å². The number of aliphatic hydroxyl groups excluding tert-OH is 1. The van der Waals surface area contributed by atoms with Gasteiger partial charge in [0.25, 0.3) is 0 Å². The zero-order valence-corrected chi connectivity index (χ0v) is 31.3. The molecule has 0 aromatic rings. The van der Waals surface area contributed by atoms with Crippen LogP contribution in [0.25, 0.3) is 0 Å². The predicted octanol–water partition coefficient (Wildman–Crippen LogP) is -1.82. The van der Waals surface area contributed by atoms with E-state index in [-0.39, 0.29) is 35.9 Å². The Morgan fingerprint density at radius 3 is 1.92 bits per heavy atom. The summed E-state index contributed by atoms with van der Waals surface area (Å²) >= 11 is 1.11. The summed E-state index contributed by atoms with van der Waals surface area (Å²) in [6, 6.07) is -4.07. The molecule has 0 aliphatic heterocycles. The van der Waals surface area contributed by atoms with Gasteiger partial charge in [-0.25, -0.2) is 0 Å². The number of guanidine groups is 1. The topological polar surface area (TPSA) is 285 Å². The van der Waals surface area contributed by atoms with Crippen LogP contribution in [-0.4, -0.2) is 114 Å². The van der Waals surface area contributed by atoms with E-state index in [1.807, 2.05) is 13.8 Å². The van der Waals surface area contributed by atoms with Gasteiger partial charge in [0.1, 0.15) is 18.1 Å². The minimum atomic E-state index is -1.23. The molecular formula is C32H62N10O7S. The molecule has 50 heavy (non-hydrogen) atoms. The summed E-state index contributed by atoms with van der Waals surface area (Å²) < 4.78 is 0. The number of unbranched alkanes of at least 4 members (excludes halogenated alkanes) is 1. The molecule has 0 fully saturated rings. The molecule has 288 valence electrons. The van der Waals surface area contributed by atoms with Crippen molar-refractivity contribution in [2.45, 2.75) is 110 Å². The van der Waals surface area contributed by atoms with Crippen molar-refractivity contribution in [1.29, 1.82) is 0 Å². The van der Waals surface area contributed by atoms with Crippen LogP contribution in [0.4, 0.5) is 0 Å². The quantitative estimate of drug-likeness (QED) is 0.0268. The molecule has 0 bridgehead atoms. The van der Waals surface area contributed by atoms with Gasteiger partial charge in [0.2, 0.25) is 34.7 Å². The Morgan fingerprint density at radius 1 is 0.760 bits per heavy atom. The number of nitrogens with zero attached hydrogens (tertiary/aromatic N) is 1. The molecule has 17 nitrogen and oxygen atoms in total. The minimum Gasteiger partial charge on any atom is -0.391 e. The highest BCUT2D eigenvalue weighted by Crippen LogP contribution is 2.14. The average Bonchev–Trinajstić information content (AvgIpc) is 3.08. The second kappa shape index (κ2) is 26.3. The molecule has 0 saturated heterocycles. The maximum atomic E-state index is 13.4. The van der Waals surface area contributed by atoms with Crippen LogP contribution < -0.4 is 49.1 Å². The average molecular weight is 731 g/mol. The second-order valence-electron chi connectivity index (χ2n) is 12.3. The Balaban J connectivity index is 5.31. The number of aliphatic hydroxyl groups is 1. The van der Waals surface area contributed by atoms with E-state index in [0.29, 0.717) is 31.6 Å². The lowest BCUT2D eigenvalue weighted by atomic mass is 9.97. The van der Waals surface area contributed by atoms with E-state index in [1.54, 1.807) is 13.8 Å². The summed E-state index contributed by atoms with van der Waals surface area (Å²) in [5.74, 6) is -3.38. The van der Waals surface area contributed by atoms with Crippen LogP contribution in [0.2, 0.25) is 0 Å². The first-order chi connectivity index (χ1) is 23.6. The van der Waals surface area contributed by atoms with Crippen molar-refractivity contribution in [3.63, 3.8) is 0 Å². The van der Waals surface area contributed by atoms with Crippen molar-refractivity contribution in [2.24, 2.45) is 34.0 Å². The fraction of sp³-hybridized carbons (Fsp3) is 0.781. The monoisotopic (exact) mass is 730 g/mol. The number of carbonyl (C=O) groups is 6. The van der Waals surface area contributed by atoms with Gasteiger partial charge in [-0.05, 0) is 44.6 Å². The molecule has 0 saturated carbocycles. The van der Waals surface area contributed by atoms with Gasteiger partial charge >= 0.3 is 0 Å². The third kappa shape index (κ3) is 19.6. The fourth-order valence-corrected chi connectivity index (χ4v) is 5.21. The maximum Gasteiger partial charge on any atom is 0.243 e. The molecule has 0 aromatic heterocycles. The third-order valence-electron chi connectivity index (χ3n) is 8.07. The molecule has 5 amide bonds. The molecule has 13 N–H and O–H groups in total. The molecule has 0 aromatic carbocycles. The van der Waals surface area contributed by atoms with Crippen molar-refractivity contribution < 1.29 is 33.9 Å². The highest BCUT2D eigenvalue weighted by atomic mass is 32.2. The molecule has 0 unspecified atom stereocenters. The van der Waals surface area contributed by atoms with E-state index in [4.69, 9.17) is 17.2 Å². The number of carbonyl (C=O) groups excluding carboxylic acids is 6. The number of aliphatic imine (C=N–C) groups is 1. The van der Waals surface area contributed by atoms with E-state index in [2.05, 4.69) is 43.8 Å². The van der Waals surface area contributed by atoms with Gasteiger partial charge in [0, 0.05) is 18.8 Å². The lowest BCUT2D eigenvalue weighted by molar-refractivity contribution is -0.133. The smallest absolute Gasteiger partial charge is 0.243 e. The van der Waals surface area contributed by atoms with E-state index in [0.717, 1.165) is 31.1 Å². The minimum absolute atomic E-state index is 0.0728. The van der Waals surface area contributed by atoms with Gasteiger partial charge in [0.15, 0.2) is 5.96 Å². The third-order valence-corrected chi connectivity index (χ3v) is 9.05. The molecular weight excluding hydrogens is 668 g/mol. The number of thioether (sulfide) groups is 1. The van der Waals surface area contributed by atoms with Crippen LogP contribution in [0.15, 0.2) is 4.99 Å². The van der Waals surface area contributed by atoms with Crippen molar-refractivity contribution >= 4 is 52.4 Å². The SMILES string of the molecule is CCCCNCCSC(=O)[C@H](CCCN=C(N)N)NC(=O)[C@@H](NC(=O)CNC(=O)CNC(=O)[C@@H](NC(=O)[C@@H](N)[C@@H](C)O)[C@@H](C)CC)[C@@H](C)CC. The summed E-state index contributed by atoms with van der Waals surface area (Å²) in [5.41, 5.74) is 16.5. The Bertz CT molecular complexity index is 1110. The molecule has 7 atom stereocenters. The van der Waals surface area contributed by atoms with E-state index in [9.17, 15) is 33.9 Å². The van der Waals surface area contributed by atoms with Gasteiger partial charge in [-0.1, -0.05) is 65.6 Å². The van der Waals surface area contributed by atoms with Crippen molar-refractivity contribution in [3.8, 4) is 0 Å². The van der Waals surface area contributed by atoms with Crippen LogP contribution in [0.1, 0.15) is 80.1 Å². The summed E-state index contributed by atoms with van der Waals surface area (Å²) in [7, 11) is 0. The van der Waals surface area contributed by atoms with E-state index < -0.39 is 72.9 Å². The van der Waals surface area contributed by atoms with Gasteiger partial charge in [-0.3, -0.25) is 33.8 Å². The molecule has 0 aliphatic carbocycles. The zero-order valence-electron chi connectivity index (χ0n) is 30.5. The van der Waals surface area contributed by atoms with Crippen LogP contribution in [0, 0.1) is 11.8 Å². The molecule has 0 radical (unpaired) electrons. The Labute approximate surface area is 300 Å². The number of rotatable bonds is 26.